The molecule has 6 heteroatoms. The fraction of sp³-hybridized carbons (Fsp3) is 0.167. The van der Waals surface area contributed by atoms with E-state index in [2.05, 4.69) is 9.83 Å². The summed E-state index contributed by atoms with van der Waals surface area (Å²) in [5.41, 5.74) is 4.29. The van der Waals surface area contributed by atoms with E-state index >= 15 is 0 Å². The molecule has 148 valence electrons. The molecule has 2 N–H and O–H groups in total. The molecule has 0 saturated carbocycles. The summed E-state index contributed by atoms with van der Waals surface area (Å²) in [7, 11) is 1.65. The Morgan fingerprint density at radius 1 is 1.30 bits per heavy atom. The van der Waals surface area contributed by atoms with Gasteiger partial charge in [0, 0.05) is 34.9 Å². The second-order valence-corrected chi connectivity index (χ2v) is 7.43. The van der Waals surface area contributed by atoms with Crippen LogP contribution in [0, 0.1) is 6.57 Å². The van der Waals surface area contributed by atoms with Gasteiger partial charge >= 0.3 is 0 Å². The van der Waals surface area contributed by atoms with Gasteiger partial charge in [0.2, 0.25) is 0 Å². The number of phenols is 1. The molecule has 2 aliphatic heterocycles. The first-order chi connectivity index (χ1) is 14.6. The molecule has 2 aromatic carbocycles. The van der Waals surface area contributed by atoms with Gasteiger partial charge in [-0.3, -0.25) is 4.79 Å². The number of H-pyrrole nitrogens is 1. The number of aromatic nitrogens is 1. The number of aromatic hydroxyl groups is 1. The Kier molecular flexibility index (Phi) is 4.11. The van der Waals surface area contributed by atoms with Crippen LogP contribution in [0.2, 0.25) is 0 Å². The largest absolute Gasteiger partial charge is 0.507 e. The lowest BCUT2D eigenvalue weighted by molar-refractivity contribution is 0.103. The molecule has 0 amide bonds. The van der Waals surface area contributed by atoms with Crippen molar-refractivity contribution in [1.29, 1.82) is 0 Å². The number of carbonyl (C=O) groups excluding carboxylic acids is 1. The van der Waals surface area contributed by atoms with Crippen LogP contribution in [-0.4, -0.2) is 34.4 Å². The summed E-state index contributed by atoms with van der Waals surface area (Å²) in [6.45, 7) is 8.43. The Labute approximate surface area is 173 Å². The zero-order valence-corrected chi connectivity index (χ0v) is 16.3. The van der Waals surface area contributed by atoms with Gasteiger partial charge in [0.05, 0.1) is 19.2 Å². The number of rotatable bonds is 3. The summed E-state index contributed by atoms with van der Waals surface area (Å²) in [5, 5.41) is 11.2. The molecule has 0 spiro atoms. The van der Waals surface area contributed by atoms with E-state index in [-0.39, 0.29) is 23.1 Å². The lowest BCUT2D eigenvalue weighted by atomic mass is 9.91. The van der Waals surface area contributed by atoms with Crippen molar-refractivity contribution < 1.29 is 14.6 Å². The normalized spacial score (nSPS) is 17.5. The van der Waals surface area contributed by atoms with Crippen molar-refractivity contribution >= 4 is 16.7 Å². The van der Waals surface area contributed by atoms with Crippen LogP contribution in [0.1, 0.15) is 27.7 Å². The fourth-order valence-corrected chi connectivity index (χ4v) is 4.36. The molecule has 1 atom stereocenters. The average molecular weight is 397 g/mol. The van der Waals surface area contributed by atoms with Gasteiger partial charge in [-0.05, 0) is 48.4 Å². The standard InChI is InChI=1S/C24H19N3O3/c1-25-20-11-14(24(29)17-5-3-4-6-21(17)28)13-27-10-9-16-18-12-15(30-2)7-8-19(18)26-22(16)23(20)27/h3-8,11-13,23,26,28H,9-10H2,2H3. The van der Waals surface area contributed by atoms with Gasteiger partial charge in [-0.25, -0.2) is 4.85 Å². The zero-order valence-electron chi connectivity index (χ0n) is 16.3. The number of fused-ring (bicyclic) bond motifs is 5. The molecule has 3 heterocycles. The SMILES string of the molecule is [C-]#[N+]C1=CC(C(=O)c2ccccc2O)=CN2CCc3c([nH]c4ccc(OC)cc34)C12. The number of nitrogens with zero attached hydrogens (tertiary/aromatic N) is 2. The summed E-state index contributed by atoms with van der Waals surface area (Å²) in [6, 6.07) is 12.1. The first kappa shape index (κ1) is 18.1. The molecule has 0 aliphatic carbocycles. The molecule has 0 radical (unpaired) electrons. The maximum Gasteiger partial charge on any atom is 0.196 e. The highest BCUT2D eigenvalue weighted by atomic mass is 16.5. The number of ketones is 1. The molecule has 0 saturated heterocycles. The topological polar surface area (TPSA) is 69.9 Å². The molecule has 1 unspecified atom stereocenters. The monoisotopic (exact) mass is 397 g/mol. The number of aromatic amines is 1. The van der Waals surface area contributed by atoms with Crippen molar-refractivity contribution in [2.45, 2.75) is 12.5 Å². The molecular weight excluding hydrogens is 378 g/mol. The first-order valence-corrected chi connectivity index (χ1v) is 9.68. The van der Waals surface area contributed by atoms with Crippen LogP contribution in [0.4, 0.5) is 0 Å². The van der Waals surface area contributed by atoms with Crippen molar-refractivity contribution in [3.8, 4) is 11.5 Å². The number of benzene rings is 2. The predicted molar refractivity (Wildman–Crippen MR) is 113 cm³/mol. The summed E-state index contributed by atoms with van der Waals surface area (Å²) in [4.78, 5) is 22.3. The molecule has 0 bridgehead atoms. The Bertz CT molecular complexity index is 1290. The number of hydrogen-bond acceptors (Lipinski definition) is 4. The van der Waals surface area contributed by atoms with Crippen molar-refractivity contribution in [1.82, 2.24) is 9.88 Å². The highest BCUT2D eigenvalue weighted by Crippen LogP contribution is 2.42. The lowest BCUT2D eigenvalue weighted by Gasteiger charge is -2.37. The average Bonchev–Trinajstić information content (AvgIpc) is 3.16. The maximum absolute atomic E-state index is 13.0. The first-order valence-electron chi connectivity index (χ1n) is 9.68. The molecule has 2 aliphatic rings. The molecular formula is C24H19N3O3. The number of Topliss-reactive ketones (excluding diaryl/α,β-unsaturated/α-hetero) is 1. The van der Waals surface area contributed by atoms with Crippen molar-refractivity contribution in [3.63, 3.8) is 0 Å². The quantitative estimate of drug-likeness (QED) is 0.509. The highest BCUT2D eigenvalue weighted by molar-refractivity contribution is 6.12. The molecule has 6 nitrogen and oxygen atoms in total. The van der Waals surface area contributed by atoms with Crippen molar-refractivity contribution in [2.24, 2.45) is 0 Å². The van der Waals surface area contributed by atoms with Gasteiger partial charge in [0.15, 0.2) is 11.5 Å². The molecule has 3 aromatic rings. The van der Waals surface area contributed by atoms with E-state index in [1.165, 1.54) is 11.6 Å². The van der Waals surface area contributed by atoms with E-state index in [9.17, 15) is 9.90 Å². The summed E-state index contributed by atoms with van der Waals surface area (Å²) < 4.78 is 5.37. The smallest absolute Gasteiger partial charge is 0.196 e. The minimum absolute atomic E-state index is 0.0613. The second kappa shape index (κ2) is 6.82. The van der Waals surface area contributed by atoms with Gasteiger partial charge in [-0.2, -0.15) is 0 Å². The van der Waals surface area contributed by atoms with Gasteiger partial charge in [0.1, 0.15) is 17.5 Å². The third-order valence-electron chi connectivity index (χ3n) is 5.80. The summed E-state index contributed by atoms with van der Waals surface area (Å²) in [6.07, 6.45) is 4.24. The fourth-order valence-electron chi connectivity index (χ4n) is 4.36. The van der Waals surface area contributed by atoms with Crippen LogP contribution in [0.25, 0.3) is 15.7 Å². The third kappa shape index (κ3) is 2.67. The van der Waals surface area contributed by atoms with Crippen LogP contribution in [-0.2, 0) is 6.42 Å². The number of para-hydroxylation sites is 1. The zero-order chi connectivity index (χ0) is 20.8. The Hall–Kier alpha value is -3.98. The Morgan fingerprint density at radius 2 is 2.13 bits per heavy atom. The van der Waals surface area contributed by atoms with Crippen LogP contribution in [0.3, 0.4) is 0 Å². The number of carbonyl (C=O) groups is 1. The van der Waals surface area contributed by atoms with E-state index in [4.69, 9.17) is 11.3 Å². The van der Waals surface area contributed by atoms with Gasteiger partial charge in [-0.15, -0.1) is 0 Å². The van der Waals surface area contributed by atoms with Gasteiger partial charge in [0.25, 0.3) is 0 Å². The number of ether oxygens (including phenoxy) is 1. The summed E-state index contributed by atoms with van der Waals surface area (Å²) in [5.74, 6) is 0.445. The third-order valence-corrected chi connectivity index (χ3v) is 5.80. The van der Waals surface area contributed by atoms with Crippen molar-refractivity contribution in [2.75, 3.05) is 13.7 Å². The van der Waals surface area contributed by atoms with E-state index in [1.54, 1.807) is 31.4 Å². The maximum atomic E-state index is 13.0. The van der Waals surface area contributed by atoms with Crippen LogP contribution in [0.15, 0.2) is 66.0 Å². The summed E-state index contributed by atoms with van der Waals surface area (Å²) >= 11 is 0. The number of allylic oxidation sites excluding steroid dienone is 2. The van der Waals surface area contributed by atoms with E-state index in [0.29, 0.717) is 17.8 Å². The second-order valence-electron chi connectivity index (χ2n) is 7.43. The minimum atomic E-state index is -0.292. The van der Waals surface area contributed by atoms with E-state index in [0.717, 1.165) is 28.8 Å². The van der Waals surface area contributed by atoms with Crippen LogP contribution >= 0.6 is 0 Å². The van der Waals surface area contributed by atoms with Crippen LogP contribution < -0.4 is 4.74 Å². The number of phenolic OH excluding ortho intramolecular Hbond substituents is 1. The molecule has 1 aromatic heterocycles. The predicted octanol–water partition coefficient (Wildman–Crippen LogP) is 4.36. The minimum Gasteiger partial charge on any atom is -0.507 e. The number of hydrogen-bond donors (Lipinski definition) is 2. The Morgan fingerprint density at radius 3 is 2.90 bits per heavy atom. The van der Waals surface area contributed by atoms with E-state index < -0.39 is 0 Å². The highest BCUT2D eigenvalue weighted by Gasteiger charge is 2.35. The van der Waals surface area contributed by atoms with Crippen LogP contribution in [0.5, 0.6) is 11.5 Å². The number of methoxy groups -OCH3 is 1. The molecule has 0 fully saturated rings. The van der Waals surface area contributed by atoms with Gasteiger partial charge in [-0.1, -0.05) is 12.1 Å². The van der Waals surface area contributed by atoms with Crippen molar-refractivity contribution in [3.05, 3.63) is 94.2 Å². The van der Waals surface area contributed by atoms with Gasteiger partial charge < -0.3 is 19.7 Å². The molecule has 5 rings (SSSR count). The van der Waals surface area contributed by atoms with E-state index in [1.807, 2.05) is 29.3 Å². The molecule has 30 heavy (non-hydrogen) atoms. The number of nitrogens with one attached hydrogen (secondary N) is 1. The lowest BCUT2D eigenvalue weighted by Crippen LogP contribution is -2.34. The Balaban J connectivity index is 1.58.